The van der Waals surface area contributed by atoms with Gasteiger partial charge in [0.1, 0.15) is 16.7 Å². The molecule has 0 spiro atoms. The number of benzene rings is 8. The molecule has 0 N–H and O–H groups in total. The topological polar surface area (TPSA) is 69.9 Å². The molecule has 12 aromatic rings. The van der Waals surface area contributed by atoms with Crippen LogP contribution >= 0.6 is 0 Å². The second-order valence-electron chi connectivity index (χ2n) is 14.4. The Morgan fingerprint density at radius 3 is 1.70 bits per heavy atom. The number of para-hydroxylation sites is 3. The molecule has 57 heavy (non-hydrogen) atoms. The Bertz CT molecular complexity index is 3450. The van der Waals surface area contributed by atoms with Gasteiger partial charge in [-0.1, -0.05) is 140 Å². The molecule has 0 saturated heterocycles. The average Bonchev–Trinajstić information content (AvgIpc) is 3.95. The van der Waals surface area contributed by atoms with Crippen molar-refractivity contribution in [3.05, 3.63) is 182 Å². The van der Waals surface area contributed by atoms with Crippen LogP contribution in [0.5, 0.6) is 0 Å². The van der Waals surface area contributed by atoms with E-state index in [0.29, 0.717) is 17.5 Å². The van der Waals surface area contributed by atoms with Crippen LogP contribution in [0.15, 0.2) is 191 Å². The summed E-state index contributed by atoms with van der Waals surface area (Å²) in [6, 6.07) is 62.5. The van der Waals surface area contributed by atoms with Crippen LogP contribution in [-0.4, -0.2) is 19.5 Å². The van der Waals surface area contributed by atoms with E-state index in [1.54, 1.807) is 0 Å². The Hall–Kier alpha value is -7.83. The van der Waals surface area contributed by atoms with Gasteiger partial charge >= 0.3 is 0 Å². The van der Waals surface area contributed by atoms with E-state index in [0.717, 1.165) is 99.2 Å². The first kappa shape index (κ1) is 31.5. The Balaban J connectivity index is 1.17. The lowest BCUT2D eigenvalue weighted by Crippen LogP contribution is -2.00. The van der Waals surface area contributed by atoms with E-state index in [1.807, 2.05) is 78.9 Å². The van der Waals surface area contributed by atoms with Crippen LogP contribution in [0.4, 0.5) is 0 Å². The molecule has 6 heteroatoms. The van der Waals surface area contributed by atoms with Crippen LogP contribution in [0.25, 0.3) is 117 Å². The molecule has 0 saturated carbocycles. The van der Waals surface area contributed by atoms with Crippen LogP contribution in [0.3, 0.4) is 0 Å². The van der Waals surface area contributed by atoms with Gasteiger partial charge in [0.15, 0.2) is 23.1 Å². The van der Waals surface area contributed by atoms with Crippen molar-refractivity contribution in [1.82, 2.24) is 19.5 Å². The quantitative estimate of drug-likeness (QED) is 0.176. The molecule has 4 heterocycles. The molecule has 8 aromatic carbocycles. The molecule has 4 aromatic heterocycles. The summed E-state index contributed by atoms with van der Waals surface area (Å²) in [5.74, 6) is 1.79. The maximum atomic E-state index is 7.09. The van der Waals surface area contributed by atoms with Gasteiger partial charge in [-0.2, -0.15) is 0 Å². The number of hydrogen-bond acceptors (Lipinski definition) is 5. The number of furan rings is 2. The second kappa shape index (κ2) is 12.3. The van der Waals surface area contributed by atoms with Gasteiger partial charge < -0.3 is 13.4 Å². The zero-order valence-electron chi connectivity index (χ0n) is 30.4. The van der Waals surface area contributed by atoms with E-state index in [9.17, 15) is 0 Å². The SMILES string of the molecule is c1ccc(-c2cc(-c3nc(-c4ccccc4)nc(-c4ccccc4)n3)c3c(c2)oc2c(-n4c5ccccc5c5cc6oc7ccccc7c6cc54)cccc23)cc1. The first-order chi connectivity index (χ1) is 28.2. The number of hydrogen-bond donors (Lipinski definition) is 0. The van der Waals surface area contributed by atoms with Gasteiger partial charge in [0.25, 0.3) is 0 Å². The zero-order valence-corrected chi connectivity index (χ0v) is 30.4. The Morgan fingerprint density at radius 2 is 0.965 bits per heavy atom. The molecule has 0 aliphatic carbocycles. The summed E-state index contributed by atoms with van der Waals surface area (Å²) in [6.45, 7) is 0. The normalized spacial score (nSPS) is 11.9. The van der Waals surface area contributed by atoms with Crippen molar-refractivity contribution >= 4 is 65.7 Å². The fraction of sp³-hybridized carbons (Fsp3) is 0. The van der Waals surface area contributed by atoms with E-state index in [2.05, 4.69) is 108 Å². The summed E-state index contributed by atoms with van der Waals surface area (Å²) < 4.78 is 15.8. The average molecular weight is 731 g/mol. The van der Waals surface area contributed by atoms with Crippen LogP contribution < -0.4 is 0 Å². The lowest BCUT2D eigenvalue weighted by atomic mass is 9.98. The van der Waals surface area contributed by atoms with Gasteiger partial charge in [-0.15, -0.1) is 0 Å². The molecule has 0 aliphatic heterocycles. The lowest BCUT2D eigenvalue weighted by Gasteiger charge is -2.11. The molecular weight excluding hydrogens is 701 g/mol. The third-order valence-corrected chi connectivity index (χ3v) is 11.0. The monoisotopic (exact) mass is 730 g/mol. The molecule has 0 amide bonds. The molecule has 6 nitrogen and oxygen atoms in total. The van der Waals surface area contributed by atoms with Crippen molar-refractivity contribution in [1.29, 1.82) is 0 Å². The highest BCUT2D eigenvalue weighted by Crippen LogP contribution is 2.44. The first-order valence-electron chi connectivity index (χ1n) is 19.0. The summed E-state index contributed by atoms with van der Waals surface area (Å²) in [6.07, 6.45) is 0. The predicted molar refractivity (Wildman–Crippen MR) is 230 cm³/mol. The first-order valence-corrected chi connectivity index (χ1v) is 19.0. The highest BCUT2D eigenvalue weighted by atomic mass is 16.3. The van der Waals surface area contributed by atoms with Gasteiger partial charge in [0, 0.05) is 49.0 Å². The van der Waals surface area contributed by atoms with Crippen molar-refractivity contribution in [2.24, 2.45) is 0 Å². The standard InChI is InChI=1S/C51H30N4O2/c1-4-15-31(16-5-1)34-27-40(51-53-49(32-17-6-2-7-18-32)52-50(54-51)33-19-8-3-9-20-33)47-37-23-14-25-42(48(37)57-46(47)28-34)55-41-24-12-10-21-35(41)38-30-45-39(29-43(38)55)36-22-11-13-26-44(36)56-45/h1-30H. The molecule has 0 unspecified atom stereocenters. The number of rotatable bonds is 5. The fourth-order valence-electron chi connectivity index (χ4n) is 8.44. The van der Waals surface area contributed by atoms with Crippen molar-refractivity contribution in [3.8, 4) is 51.0 Å². The van der Waals surface area contributed by atoms with E-state index in [-0.39, 0.29) is 0 Å². The molecule has 0 bridgehead atoms. The van der Waals surface area contributed by atoms with Gasteiger partial charge in [0.2, 0.25) is 0 Å². The predicted octanol–water partition coefficient (Wildman–Crippen LogP) is 13.4. The highest BCUT2D eigenvalue weighted by molar-refractivity contribution is 6.19. The molecule has 0 aliphatic rings. The smallest absolute Gasteiger partial charge is 0.164 e. The Labute approximate surface area is 325 Å². The van der Waals surface area contributed by atoms with E-state index >= 15 is 0 Å². The van der Waals surface area contributed by atoms with Gasteiger partial charge in [-0.05, 0) is 53.6 Å². The van der Waals surface area contributed by atoms with Crippen molar-refractivity contribution < 1.29 is 8.83 Å². The molecule has 266 valence electrons. The second-order valence-corrected chi connectivity index (χ2v) is 14.4. The largest absolute Gasteiger partial charge is 0.456 e. The Kier molecular flexibility index (Phi) is 6.83. The molecule has 12 rings (SSSR count). The van der Waals surface area contributed by atoms with Gasteiger partial charge in [0.05, 0.1) is 16.7 Å². The van der Waals surface area contributed by atoms with Crippen LogP contribution in [0, 0.1) is 0 Å². The summed E-state index contributed by atoms with van der Waals surface area (Å²) in [7, 11) is 0. The third kappa shape index (κ3) is 4.94. The fourth-order valence-corrected chi connectivity index (χ4v) is 8.44. The van der Waals surface area contributed by atoms with Crippen LogP contribution in [0.2, 0.25) is 0 Å². The number of nitrogens with zero attached hydrogens (tertiary/aromatic N) is 4. The maximum Gasteiger partial charge on any atom is 0.164 e. The maximum absolute atomic E-state index is 7.09. The number of fused-ring (bicyclic) bond motifs is 9. The minimum Gasteiger partial charge on any atom is -0.456 e. The third-order valence-electron chi connectivity index (χ3n) is 11.0. The molecular formula is C51H30N4O2. The van der Waals surface area contributed by atoms with E-state index < -0.39 is 0 Å². The van der Waals surface area contributed by atoms with E-state index in [4.69, 9.17) is 23.8 Å². The number of aromatic nitrogens is 4. The zero-order chi connectivity index (χ0) is 37.5. The summed E-state index contributed by atoms with van der Waals surface area (Å²) >= 11 is 0. The minimum atomic E-state index is 0.574. The van der Waals surface area contributed by atoms with Gasteiger partial charge in [-0.3, -0.25) is 0 Å². The minimum absolute atomic E-state index is 0.574. The Morgan fingerprint density at radius 1 is 0.351 bits per heavy atom. The summed E-state index contributed by atoms with van der Waals surface area (Å²) in [5.41, 5.74) is 11.2. The molecule has 0 fully saturated rings. The van der Waals surface area contributed by atoms with Crippen LogP contribution in [0.1, 0.15) is 0 Å². The molecule has 0 radical (unpaired) electrons. The van der Waals surface area contributed by atoms with E-state index in [1.165, 1.54) is 0 Å². The summed E-state index contributed by atoms with van der Waals surface area (Å²) in [5, 5.41) is 6.34. The van der Waals surface area contributed by atoms with Crippen molar-refractivity contribution in [3.63, 3.8) is 0 Å². The molecule has 0 atom stereocenters. The van der Waals surface area contributed by atoms with Gasteiger partial charge in [-0.25, -0.2) is 15.0 Å². The van der Waals surface area contributed by atoms with Crippen molar-refractivity contribution in [2.75, 3.05) is 0 Å². The van der Waals surface area contributed by atoms with Crippen LogP contribution in [-0.2, 0) is 0 Å². The van der Waals surface area contributed by atoms with Crippen molar-refractivity contribution in [2.45, 2.75) is 0 Å². The highest BCUT2D eigenvalue weighted by Gasteiger charge is 2.23. The lowest BCUT2D eigenvalue weighted by molar-refractivity contribution is 0.666. The summed E-state index contributed by atoms with van der Waals surface area (Å²) in [4.78, 5) is 15.4.